The van der Waals surface area contributed by atoms with Crippen molar-refractivity contribution < 1.29 is 9.47 Å². The molecule has 0 aromatic heterocycles. The molecule has 2 rings (SSSR count). The van der Waals surface area contributed by atoms with Crippen LogP contribution in [0.1, 0.15) is 5.56 Å². The van der Waals surface area contributed by atoms with Crippen molar-refractivity contribution in [1.82, 2.24) is 0 Å². The number of nitrogens with one attached hydrogen (secondary N) is 1. The van der Waals surface area contributed by atoms with E-state index in [-0.39, 0.29) is 0 Å². The van der Waals surface area contributed by atoms with E-state index in [1.54, 1.807) is 13.2 Å². The van der Waals surface area contributed by atoms with Crippen LogP contribution in [-0.4, -0.2) is 13.7 Å². The minimum atomic E-state index is 0.441. The van der Waals surface area contributed by atoms with E-state index in [0.717, 1.165) is 15.7 Å². The molecule has 2 aromatic carbocycles. The second-order valence-electron chi connectivity index (χ2n) is 4.43. The first-order valence-electron chi connectivity index (χ1n) is 6.63. The summed E-state index contributed by atoms with van der Waals surface area (Å²) in [6.45, 7) is 4.80. The lowest BCUT2D eigenvalue weighted by atomic mass is 10.2. The molecular formula is C17H18BrNO2. The van der Waals surface area contributed by atoms with Gasteiger partial charge in [-0.1, -0.05) is 30.9 Å². The van der Waals surface area contributed by atoms with Crippen LogP contribution in [0.4, 0.5) is 5.69 Å². The second kappa shape index (κ2) is 7.74. The Labute approximate surface area is 133 Å². The molecule has 0 aliphatic heterocycles. The monoisotopic (exact) mass is 347 g/mol. The lowest BCUT2D eigenvalue weighted by molar-refractivity contribution is 0.324. The molecule has 1 N–H and O–H groups in total. The molecule has 3 nitrogen and oxygen atoms in total. The number of hydrogen-bond donors (Lipinski definition) is 1. The zero-order valence-electron chi connectivity index (χ0n) is 11.9. The van der Waals surface area contributed by atoms with Crippen LogP contribution in [0.25, 0.3) is 0 Å². The van der Waals surface area contributed by atoms with E-state index in [1.807, 2.05) is 42.5 Å². The van der Waals surface area contributed by atoms with E-state index >= 15 is 0 Å². The van der Waals surface area contributed by atoms with Gasteiger partial charge in [0, 0.05) is 12.2 Å². The Hall–Kier alpha value is -1.94. The Morgan fingerprint density at radius 2 is 2.00 bits per heavy atom. The first kappa shape index (κ1) is 15.4. The summed E-state index contributed by atoms with van der Waals surface area (Å²) in [7, 11) is 1.64. The van der Waals surface area contributed by atoms with Crippen molar-refractivity contribution in [2.24, 2.45) is 0 Å². The lowest BCUT2D eigenvalue weighted by Crippen LogP contribution is -2.02. The second-order valence-corrected chi connectivity index (χ2v) is 5.28. The van der Waals surface area contributed by atoms with Gasteiger partial charge in [-0.25, -0.2) is 0 Å². The van der Waals surface area contributed by atoms with Crippen LogP contribution >= 0.6 is 15.9 Å². The van der Waals surface area contributed by atoms with Crippen LogP contribution in [0.15, 0.2) is 59.6 Å². The summed E-state index contributed by atoms with van der Waals surface area (Å²) in [6.07, 6.45) is 1.71. The van der Waals surface area contributed by atoms with E-state index < -0.39 is 0 Å². The number of rotatable bonds is 7. The van der Waals surface area contributed by atoms with Gasteiger partial charge < -0.3 is 14.8 Å². The molecule has 0 atom stereocenters. The maximum absolute atomic E-state index is 5.62. The fourth-order valence-corrected chi connectivity index (χ4v) is 2.52. The number of hydrogen-bond acceptors (Lipinski definition) is 3. The van der Waals surface area contributed by atoms with E-state index in [1.165, 1.54) is 0 Å². The smallest absolute Gasteiger partial charge is 0.175 e. The predicted octanol–water partition coefficient (Wildman–Crippen LogP) is 4.63. The van der Waals surface area contributed by atoms with Gasteiger partial charge in [0.2, 0.25) is 0 Å². The molecule has 0 bridgehead atoms. The van der Waals surface area contributed by atoms with Crippen LogP contribution in [0.3, 0.4) is 0 Å². The fourth-order valence-electron chi connectivity index (χ4n) is 1.92. The normalized spacial score (nSPS) is 10.0. The molecule has 110 valence electrons. The molecule has 0 aliphatic carbocycles. The largest absolute Gasteiger partial charge is 0.493 e. The minimum Gasteiger partial charge on any atom is -0.493 e. The first-order valence-corrected chi connectivity index (χ1v) is 7.43. The van der Waals surface area contributed by atoms with Gasteiger partial charge in [0.1, 0.15) is 6.61 Å². The van der Waals surface area contributed by atoms with Crippen LogP contribution in [0, 0.1) is 0 Å². The number of ether oxygens (including phenoxy) is 2. The molecule has 0 saturated heterocycles. The number of methoxy groups -OCH3 is 1. The summed E-state index contributed by atoms with van der Waals surface area (Å²) < 4.78 is 11.9. The van der Waals surface area contributed by atoms with Gasteiger partial charge >= 0.3 is 0 Å². The van der Waals surface area contributed by atoms with Gasteiger partial charge in [-0.3, -0.25) is 0 Å². The third-order valence-corrected chi connectivity index (χ3v) is 3.49. The SMILES string of the molecule is C=CCOc1c(Br)cc(CNc2ccccc2)cc1OC. The van der Waals surface area contributed by atoms with Gasteiger partial charge in [-0.2, -0.15) is 0 Å². The molecule has 2 aromatic rings. The highest BCUT2D eigenvalue weighted by Gasteiger charge is 2.11. The third-order valence-electron chi connectivity index (χ3n) is 2.91. The maximum Gasteiger partial charge on any atom is 0.175 e. The van der Waals surface area contributed by atoms with Gasteiger partial charge in [0.25, 0.3) is 0 Å². The van der Waals surface area contributed by atoms with Crippen molar-refractivity contribution in [3.63, 3.8) is 0 Å². The van der Waals surface area contributed by atoms with Crippen molar-refractivity contribution in [2.75, 3.05) is 19.0 Å². The molecule has 0 fully saturated rings. The molecular weight excluding hydrogens is 330 g/mol. The lowest BCUT2D eigenvalue weighted by Gasteiger charge is -2.14. The maximum atomic E-state index is 5.62. The highest BCUT2D eigenvalue weighted by atomic mass is 79.9. The van der Waals surface area contributed by atoms with E-state index in [9.17, 15) is 0 Å². The van der Waals surface area contributed by atoms with Gasteiger partial charge in [-0.05, 0) is 45.8 Å². The van der Waals surface area contributed by atoms with Crippen molar-refractivity contribution in [2.45, 2.75) is 6.54 Å². The highest BCUT2D eigenvalue weighted by molar-refractivity contribution is 9.10. The standard InChI is InChI=1S/C17H18BrNO2/c1-3-9-21-17-15(18)10-13(11-16(17)20-2)12-19-14-7-5-4-6-8-14/h3-8,10-11,19H,1,9,12H2,2H3. The number of anilines is 1. The van der Waals surface area contributed by atoms with Crippen LogP contribution in [-0.2, 0) is 6.54 Å². The Morgan fingerprint density at radius 1 is 1.24 bits per heavy atom. The topological polar surface area (TPSA) is 30.5 Å². The van der Waals surface area contributed by atoms with Gasteiger partial charge in [-0.15, -0.1) is 0 Å². The third kappa shape index (κ3) is 4.26. The number of halogens is 1. The zero-order valence-corrected chi connectivity index (χ0v) is 13.5. The molecule has 0 spiro atoms. The quantitative estimate of drug-likeness (QED) is 0.740. The Morgan fingerprint density at radius 3 is 2.67 bits per heavy atom. The summed E-state index contributed by atoms with van der Waals surface area (Å²) in [5.41, 5.74) is 2.19. The molecule has 4 heteroatoms. The van der Waals surface area contributed by atoms with Crippen molar-refractivity contribution in [1.29, 1.82) is 0 Å². The summed E-state index contributed by atoms with van der Waals surface area (Å²) >= 11 is 3.53. The molecule has 0 amide bonds. The summed E-state index contributed by atoms with van der Waals surface area (Å²) in [5, 5.41) is 3.37. The van der Waals surface area contributed by atoms with Gasteiger partial charge in [0.05, 0.1) is 11.6 Å². The fraction of sp³-hybridized carbons (Fsp3) is 0.176. The summed E-state index contributed by atoms with van der Waals surface area (Å²) in [4.78, 5) is 0. The summed E-state index contributed by atoms with van der Waals surface area (Å²) in [5.74, 6) is 1.40. The Kier molecular flexibility index (Phi) is 5.69. The Balaban J connectivity index is 2.13. The van der Waals surface area contributed by atoms with Crippen molar-refractivity contribution in [3.8, 4) is 11.5 Å². The van der Waals surface area contributed by atoms with Crippen molar-refractivity contribution >= 4 is 21.6 Å². The molecule has 0 saturated carbocycles. The minimum absolute atomic E-state index is 0.441. The molecule has 0 aliphatic rings. The zero-order chi connectivity index (χ0) is 15.1. The molecule has 0 radical (unpaired) electrons. The van der Waals surface area contributed by atoms with E-state index in [2.05, 4.69) is 27.8 Å². The predicted molar refractivity (Wildman–Crippen MR) is 90.2 cm³/mol. The summed E-state index contributed by atoms with van der Waals surface area (Å²) in [6, 6.07) is 14.1. The molecule has 0 unspecified atom stereocenters. The molecule has 21 heavy (non-hydrogen) atoms. The average molecular weight is 348 g/mol. The van der Waals surface area contributed by atoms with Crippen LogP contribution < -0.4 is 14.8 Å². The van der Waals surface area contributed by atoms with Gasteiger partial charge in [0.15, 0.2) is 11.5 Å². The highest BCUT2D eigenvalue weighted by Crippen LogP contribution is 2.36. The van der Waals surface area contributed by atoms with E-state index in [0.29, 0.717) is 24.7 Å². The van der Waals surface area contributed by atoms with E-state index in [4.69, 9.17) is 9.47 Å². The number of benzene rings is 2. The van der Waals surface area contributed by atoms with Crippen molar-refractivity contribution in [3.05, 3.63) is 65.2 Å². The average Bonchev–Trinajstić information content (AvgIpc) is 2.52. The van der Waals surface area contributed by atoms with Crippen LogP contribution in [0.2, 0.25) is 0 Å². The molecule has 0 heterocycles. The number of para-hydroxylation sites is 1. The Bertz CT molecular complexity index is 599. The van der Waals surface area contributed by atoms with Crippen LogP contribution in [0.5, 0.6) is 11.5 Å². The first-order chi connectivity index (χ1) is 10.2.